The third-order valence-electron chi connectivity index (χ3n) is 5.63. The van der Waals surface area contributed by atoms with Crippen LogP contribution in [0.5, 0.6) is 11.5 Å². The Bertz CT molecular complexity index is 604. The van der Waals surface area contributed by atoms with Crippen molar-refractivity contribution in [1.29, 1.82) is 0 Å². The van der Waals surface area contributed by atoms with Gasteiger partial charge in [-0.15, -0.1) is 0 Å². The van der Waals surface area contributed by atoms with Crippen molar-refractivity contribution in [2.24, 2.45) is 0 Å². The van der Waals surface area contributed by atoms with E-state index < -0.39 is 0 Å². The van der Waals surface area contributed by atoms with Crippen LogP contribution in [0.2, 0.25) is 0 Å². The van der Waals surface area contributed by atoms with Crippen LogP contribution in [-0.2, 0) is 22.4 Å². The molecule has 2 N–H and O–H groups in total. The van der Waals surface area contributed by atoms with E-state index in [0.29, 0.717) is 6.04 Å². The number of benzene rings is 1. The summed E-state index contributed by atoms with van der Waals surface area (Å²) in [7, 11) is 2.14. The zero-order valence-corrected chi connectivity index (χ0v) is 16.2. The number of piperidine rings is 1. The maximum absolute atomic E-state index is 9.43. The van der Waals surface area contributed by atoms with Crippen LogP contribution >= 0.6 is 0 Å². The van der Waals surface area contributed by atoms with Crippen molar-refractivity contribution in [3.8, 4) is 11.5 Å². The Labute approximate surface area is 163 Å². The molecule has 0 amide bonds. The second-order valence-corrected chi connectivity index (χ2v) is 7.83. The van der Waals surface area contributed by atoms with Gasteiger partial charge in [-0.05, 0) is 50.6 Å². The summed E-state index contributed by atoms with van der Waals surface area (Å²) in [5, 5.41) is 18.8. The van der Waals surface area contributed by atoms with E-state index in [0.717, 1.165) is 69.8 Å². The molecule has 1 spiro atoms. The summed E-state index contributed by atoms with van der Waals surface area (Å²) in [6.07, 6.45) is 3.01. The van der Waals surface area contributed by atoms with Crippen LogP contribution in [0, 0.1) is 0 Å². The summed E-state index contributed by atoms with van der Waals surface area (Å²) in [6, 6.07) is 3.88. The van der Waals surface area contributed by atoms with Crippen molar-refractivity contribution in [1.82, 2.24) is 9.80 Å². The topological polar surface area (TPSA) is 65.4 Å². The SMILES string of the molecule is C.CC(C)N1CCc2cc(O)c(O)cc2C1.CN1CCC2(CC1)OCCO2. The Morgan fingerprint density at radius 3 is 2.07 bits per heavy atom. The summed E-state index contributed by atoms with van der Waals surface area (Å²) in [5.74, 6) is -0.210. The molecule has 27 heavy (non-hydrogen) atoms. The molecule has 0 atom stereocenters. The Morgan fingerprint density at radius 1 is 0.963 bits per heavy atom. The van der Waals surface area contributed by atoms with E-state index in [1.54, 1.807) is 12.1 Å². The number of phenols is 2. The van der Waals surface area contributed by atoms with Crippen LogP contribution in [0.1, 0.15) is 45.2 Å². The first-order valence-corrected chi connectivity index (χ1v) is 9.63. The minimum atomic E-state index is -0.188. The predicted molar refractivity (Wildman–Crippen MR) is 107 cm³/mol. The largest absolute Gasteiger partial charge is 0.504 e. The lowest BCUT2D eigenvalue weighted by atomic mass is 9.98. The molecule has 2 fully saturated rings. The fourth-order valence-corrected chi connectivity index (χ4v) is 3.79. The normalized spacial score (nSPS) is 22.1. The fraction of sp³-hybridized carbons (Fsp3) is 0.714. The first kappa shape index (κ1) is 22.0. The van der Waals surface area contributed by atoms with Crippen molar-refractivity contribution >= 4 is 0 Å². The lowest BCUT2D eigenvalue weighted by Gasteiger charge is -2.35. The molecule has 0 aliphatic carbocycles. The Hall–Kier alpha value is -1.34. The summed E-state index contributed by atoms with van der Waals surface area (Å²) < 4.78 is 11.2. The molecule has 4 rings (SSSR count). The quantitative estimate of drug-likeness (QED) is 0.731. The monoisotopic (exact) mass is 380 g/mol. The number of hydrogen-bond donors (Lipinski definition) is 2. The molecule has 0 saturated carbocycles. The highest BCUT2D eigenvalue weighted by molar-refractivity contribution is 5.46. The molecule has 6 nitrogen and oxygen atoms in total. The van der Waals surface area contributed by atoms with Crippen molar-refractivity contribution in [2.75, 3.05) is 39.9 Å². The maximum Gasteiger partial charge on any atom is 0.170 e. The van der Waals surface area contributed by atoms with Crippen LogP contribution in [0.3, 0.4) is 0 Å². The van der Waals surface area contributed by atoms with Crippen LogP contribution < -0.4 is 0 Å². The van der Waals surface area contributed by atoms with Crippen LogP contribution in [-0.4, -0.2) is 71.7 Å². The van der Waals surface area contributed by atoms with Crippen molar-refractivity contribution in [3.05, 3.63) is 23.3 Å². The summed E-state index contributed by atoms with van der Waals surface area (Å²) >= 11 is 0. The second-order valence-electron chi connectivity index (χ2n) is 7.83. The number of nitrogens with zero attached hydrogens (tertiary/aromatic N) is 2. The van der Waals surface area contributed by atoms with Gasteiger partial charge >= 0.3 is 0 Å². The van der Waals surface area contributed by atoms with Gasteiger partial charge in [-0.3, -0.25) is 4.90 Å². The van der Waals surface area contributed by atoms with E-state index in [1.807, 2.05) is 0 Å². The lowest BCUT2D eigenvalue weighted by molar-refractivity contribution is -0.183. The lowest BCUT2D eigenvalue weighted by Crippen LogP contribution is -2.43. The highest BCUT2D eigenvalue weighted by atomic mass is 16.7. The van der Waals surface area contributed by atoms with Crippen LogP contribution in [0.15, 0.2) is 12.1 Å². The molecule has 6 heteroatoms. The summed E-state index contributed by atoms with van der Waals surface area (Å²) in [6.45, 7) is 9.99. The molecular weight excluding hydrogens is 344 g/mol. The predicted octanol–water partition coefficient (Wildman–Crippen LogP) is 2.96. The van der Waals surface area contributed by atoms with E-state index in [4.69, 9.17) is 9.47 Å². The van der Waals surface area contributed by atoms with E-state index in [-0.39, 0.29) is 24.7 Å². The number of rotatable bonds is 1. The van der Waals surface area contributed by atoms with E-state index in [9.17, 15) is 10.2 Å². The van der Waals surface area contributed by atoms with Gasteiger partial charge in [0.1, 0.15) is 0 Å². The van der Waals surface area contributed by atoms with Gasteiger partial charge in [0.05, 0.1) is 13.2 Å². The molecule has 1 aromatic rings. The Kier molecular flexibility index (Phi) is 7.51. The number of likely N-dealkylation sites (tertiary alicyclic amines) is 1. The van der Waals surface area contributed by atoms with Crippen molar-refractivity contribution < 1.29 is 19.7 Å². The highest BCUT2D eigenvalue weighted by Crippen LogP contribution is 2.32. The molecule has 0 radical (unpaired) electrons. The van der Waals surface area contributed by atoms with Crippen molar-refractivity contribution in [3.63, 3.8) is 0 Å². The van der Waals surface area contributed by atoms with Gasteiger partial charge < -0.3 is 24.6 Å². The number of hydrogen-bond acceptors (Lipinski definition) is 6. The average molecular weight is 381 g/mol. The Morgan fingerprint density at radius 2 is 1.52 bits per heavy atom. The molecule has 2 saturated heterocycles. The van der Waals surface area contributed by atoms with Gasteiger partial charge in [-0.2, -0.15) is 0 Å². The van der Waals surface area contributed by atoms with Crippen LogP contribution in [0.25, 0.3) is 0 Å². The summed E-state index contributed by atoms with van der Waals surface area (Å²) in [4.78, 5) is 4.68. The standard InChI is InChI=1S/C12H17NO2.C8H15NO2.CH4/c1-8(2)13-4-3-9-5-11(14)12(15)6-10(9)7-13;1-9-4-2-8(3-5-9)10-6-7-11-8;/h5-6,8,14-15H,3-4,7H2,1-2H3;2-7H2,1H3;1H4. The van der Waals surface area contributed by atoms with Crippen LogP contribution in [0.4, 0.5) is 0 Å². The van der Waals surface area contributed by atoms with Crippen molar-refractivity contribution in [2.45, 2.75) is 58.9 Å². The zero-order chi connectivity index (χ0) is 18.7. The molecule has 0 aromatic heterocycles. The minimum Gasteiger partial charge on any atom is -0.504 e. The number of aromatic hydroxyl groups is 2. The average Bonchev–Trinajstić information content (AvgIpc) is 3.07. The number of ether oxygens (including phenoxy) is 2. The van der Waals surface area contributed by atoms with Gasteiger partial charge in [0, 0.05) is 45.1 Å². The first-order chi connectivity index (χ1) is 12.4. The smallest absolute Gasteiger partial charge is 0.170 e. The van der Waals surface area contributed by atoms with Gasteiger partial charge in [-0.25, -0.2) is 0 Å². The minimum absolute atomic E-state index is 0. The second kappa shape index (κ2) is 9.24. The molecule has 1 aromatic carbocycles. The van der Waals surface area contributed by atoms with E-state index in [1.165, 1.54) is 0 Å². The fourth-order valence-electron chi connectivity index (χ4n) is 3.79. The Balaban J connectivity index is 0.000000194. The van der Waals surface area contributed by atoms with Gasteiger partial charge in [0.25, 0.3) is 0 Å². The van der Waals surface area contributed by atoms with Gasteiger partial charge in [-0.1, -0.05) is 7.43 Å². The zero-order valence-electron chi connectivity index (χ0n) is 16.2. The molecule has 3 heterocycles. The molecule has 0 bridgehead atoms. The number of phenolic OH excluding ortho intramolecular Hbond substituents is 2. The van der Waals surface area contributed by atoms with Gasteiger partial charge in [0.15, 0.2) is 17.3 Å². The maximum atomic E-state index is 9.43. The third kappa shape index (κ3) is 5.35. The van der Waals surface area contributed by atoms with E-state index >= 15 is 0 Å². The molecular formula is C21H36N2O4. The molecule has 3 aliphatic heterocycles. The van der Waals surface area contributed by atoms with E-state index in [2.05, 4.69) is 30.7 Å². The van der Waals surface area contributed by atoms with Gasteiger partial charge in [0.2, 0.25) is 0 Å². The molecule has 0 unspecified atom stereocenters. The molecule has 3 aliphatic rings. The number of fused-ring (bicyclic) bond motifs is 1. The third-order valence-corrected chi connectivity index (χ3v) is 5.63. The summed E-state index contributed by atoms with van der Waals surface area (Å²) in [5.41, 5.74) is 2.28. The first-order valence-electron chi connectivity index (χ1n) is 9.63. The highest BCUT2D eigenvalue weighted by Gasteiger charge is 2.38. The molecule has 154 valence electrons.